The summed E-state index contributed by atoms with van der Waals surface area (Å²) in [7, 11) is 0. The normalized spacial score (nSPS) is 54.4. The zero-order chi connectivity index (χ0) is 48.4. The highest BCUT2D eigenvalue weighted by atomic mass is 16.8. The zero-order valence-corrected chi connectivity index (χ0v) is 39.5. The molecule has 5 aliphatic carbocycles. The molecule has 0 amide bonds. The Balaban J connectivity index is 1.07. The summed E-state index contributed by atoms with van der Waals surface area (Å²) in [4.78, 5) is 26.5. The van der Waals surface area contributed by atoms with Crippen LogP contribution >= 0.6 is 0 Å². The smallest absolute Gasteiger partial charge is 0.335 e. The van der Waals surface area contributed by atoms with Crippen molar-refractivity contribution in [1.82, 2.24) is 0 Å². The summed E-state index contributed by atoms with van der Waals surface area (Å²) in [5.41, 5.74) is -0.852. The van der Waals surface area contributed by atoms with E-state index in [0.717, 1.165) is 38.5 Å². The number of aliphatic hydroxyl groups excluding tert-OH is 9. The van der Waals surface area contributed by atoms with E-state index >= 15 is 0 Å². The summed E-state index contributed by atoms with van der Waals surface area (Å²) < 4.78 is 36.2. The van der Waals surface area contributed by atoms with Crippen molar-refractivity contribution in [3.8, 4) is 0 Å². The monoisotopic (exact) mass is 941 g/mol. The molecule has 376 valence electrons. The number of hydrogen-bond acceptors (Lipinski definition) is 17. The van der Waals surface area contributed by atoms with Crippen LogP contribution in [0.5, 0.6) is 0 Å². The minimum atomic E-state index is -2.06. The quantitative estimate of drug-likeness (QED) is 0.0873. The summed E-state index contributed by atoms with van der Waals surface area (Å²) in [6.45, 7) is 16.1. The Bertz CT molecular complexity index is 1840. The largest absolute Gasteiger partial charge is 0.479 e. The number of carboxylic acid groups (broad SMARTS) is 1. The minimum Gasteiger partial charge on any atom is -0.479 e. The second-order valence-corrected chi connectivity index (χ2v) is 23.4. The van der Waals surface area contributed by atoms with Crippen LogP contribution in [0.2, 0.25) is 0 Å². The van der Waals surface area contributed by atoms with E-state index in [1.807, 2.05) is 13.8 Å². The predicted octanol–water partition coefficient (Wildman–Crippen LogP) is 0.911. The molecular formula is C48H76O18. The van der Waals surface area contributed by atoms with Crippen molar-refractivity contribution >= 4 is 12.3 Å². The molecule has 3 heterocycles. The maximum atomic E-state index is 14.0. The highest BCUT2D eigenvalue weighted by Crippen LogP contribution is 2.76. The standard InChI is InChI=1S/C48H76O18/c1-21-29(52)31(54)35(58)40(61-21)65-37-32(55)30(53)24(19-49)62-41(37)66-38-34(57)33(56)36(39(59)60)64-42(38)63-28-12-14-48(20-50)25(44(28,4)5)11-13-47(8)26(48)10-9-22-23-17-43(2,3)18-27(51)45(23,6)15-16-46(22,47)7/h17,20-22,24-38,40-42,49,51-58H,9-16,18-19H2,1-8H3,(H,59,60)/t21-,22+,24-,25-,26-,27-,28+,29-,30-,31+,32+,33+,34+,35-,36+,37-,38-,40+,41+,42-,45+,46+,47+,48+/m0/s1. The van der Waals surface area contributed by atoms with Gasteiger partial charge in [-0.3, -0.25) is 0 Å². The van der Waals surface area contributed by atoms with Crippen LogP contribution in [-0.2, 0) is 38.0 Å². The highest BCUT2D eigenvalue weighted by molar-refractivity contribution is 5.73. The second kappa shape index (κ2) is 17.5. The van der Waals surface area contributed by atoms with Crippen molar-refractivity contribution in [2.24, 2.45) is 50.2 Å². The molecule has 0 aromatic heterocycles. The van der Waals surface area contributed by atoms with Crippen LogP contribution in [0.4, 0.5) is 0 Å². The lowest BCUT2D eigenvalue weighted by Gasteiger charge is -2.72. The lowest BCUT2D eigenvalue weighted by Crippen LogP contribution is -2.69. The molecule has 10 N–H and O–H groups in total. The van der Waals surface area contributed by atoms with Crippen molar-refractivity contribution in [3.05, 3.63) is 11.6 Å². The van der Waals surface area contributed by atoms with Gasteiger partial charge in [-0.2, -0.15) is 0 Å². The van der Waals surface area contributed by atoms with E-state index in [-0.39, 0.29) is 39.4 Å². The lowest BCUT2D eigenvalue weighted by molar-refractivity contribution is -0.395. The minimum absolute atomic E-state index is 0.0465. The van der Waals surface area contributed by atoms with E-state index in [0.29, 0.717) is 19.3 Å². The fraction of sp³-hybridized carbons (Fsp3) is 0.917. The van der Waals surface area contributed by atoms with Crippen LogP contribution in [-0.4, -0.2) is 174 Å². The number of aliphatic hydroxyl groups is 9. The molecule has 0 bridgehead atoms. The first-order valence-electron chi connectivity index (χ1n) is 24.1. The SMILES string of the molecule is C[C@@H]1O[C@H](O[C@@H]2[C@@H](O[C@@H]3[C@@H](O[C@@H]4CC[C@]5(C=O)[C@H]6CC[C@@H]7C8=CC(C)(C)C[C@H](O)[C@]8(C)CC[C@@]7(C)[C@]6(C)CC[C@H]5C4(C)C)O[C@@H](C(=O)O)[C@H](O)[C@H]3O)O[C@@H](CO)[C@H](O)[C@H]2O)[C@@H](O)[C@H](O)[C@H]1O. The number of carbonyl (C=O) groups excluding carboxylic acids is 1. The molecule has 66 heavy (non-hydrogen) atoms. The average Bonchev–Trinajstić information content (AvgIpc) is 3.25. The van der Waals surface area contributed by atoms with Gasteiger partial charge in [0.2, 0.25) is 0 Å². The van der Waals surface area contributed by atoms with Crippen molar-refractivity contribution in [3.63, 3.8) is 0 Å². The molecule has 7 fully saturated rings. The summed E-state index contributed by atoms with van der Waals surface area (Å²) in [5.74, 6) is -1.46. The van der Waals surface area contributed by atoms with Gasteiger partial charge in [0, 0.05) is 10.8 Å². The molecule has 0 aromatic carbocycles. The number of aliphatic carboxylic acids is 1. The van der Waals surface area contributed by atoms with E-state index < -0.39 is 128 Å². The van der Waals surface area contributed by atoms with Gasteiger partial charge < -0.3 is 84.3 Å². The fourth-order valence-corrected chi connectivity index (χ4v) is 15.0. The Labute approximate surface area is 386 Å². The number of hydrogen-bond donors (Lipinski definition) is 10. The van der Waals surface area contributed by atoms with Crippen LogP contribution in [0.15, 0.2) is 11.6 Å². The van der Waals surface area contributed by atoms with Gasteiger partial charge in [0.1, 0.15) is 67.3 Å². The Morgan fingerprint density at radius 1 is 0.682 bits per heavy atom. The molecule has 8 aliphatic rings. The number of carbonyl (C=O) groups is 2. The zero-order valence-electron chi connectivity index (χ0n) is 39.5. The number of rotatable bonds is 9. The fourth-order valence-electron chi connectivity index (χ4n) is 15.0. The molecular weight excluding hydrogens is 865 g/mol. The molecule has 24 atom stereocenters. The van der Waals surface area contributed by atoms with E-state index in [9.17, 15) is 60.7 Å². The highest BCUT2D eigenvalue weighted by Gasteiger charge is 2.71. The van der Waals surface area contributed by atoms with Gasteiger partial charge in [-0.25, -0.2) is 4.79 Å². The van der Waals surface area contributed by atoms with Gasteiger partial charge in [0.25, 0.3) is 0 Å². The van der Waals surface area contributed by atoms with Gasteiger partial charge in [0.15, 0.2) is 25.0 Å². The van der Waals surface area contributed by atoms with Gasteiger partial charge in [-0.15, -0.1) is 0 Å². The van der Waals surface area contributed by atoms with Crippen LogP contribution in [0.1, 0.15) is 113 Å². The molecule has 0 aromatic rings. The molecule has 0 radical (unpaired) electrons. The molecule has 18 nitrogen and oxygen atoms in total. The average molecular weight is 941 g/mol. The van der Waals surface area contributed by atoms with E-state index in [4.69, 9.17) is 28.4 Å². The van der Waals surface area contributed by atoms with Crippen molar-refractivity contribution in [2.45, 2.75) is 218 Å². The van der Waals surface area contributed by atoms with Gasteiger partial charge in [-0.1, -0.05) is 60.1 Å². The van der Waals surface area contributed by atoms with Crippen molar-refractivity contribution < 1.29 is 89.1 Å². The first kappa shape index (κ1) is 50.7. The summed E-state index contributed by atoms with van der Waals surface area (Å²) in [6, 6.07) is 0. The second-order valence-electron chi connectivity index (χ2n) is 23.4. The van der Waals surface area contributed by atoms with Crippen LogP contribution in [0.25, 0.3) is 0 Å². The molecule has 0 spiro atoms. The molecule has 3 aliphatic heterocycles. The first-order valence-corrected chi connectivity index (χ1v) is 24.1. The third kappa shape index (κ3) is 7.70. The van der Waals surface area contributed by atoms with E-state index in [1.165, 1.54) is 18.8 Å². The molecule has 3 saturated heterocycles. The Morgan fingerprint density at radius 3 is 1.95 bits per heavy atom. The number of allylic oxidation sites excluding steroid dienone is 1. The molecule has 4 saturated carbocycles. The van der Waals surface area contributed by atoms with E-state index in [1.54, 1.807) is 0 Å². The maximum absolute atomic E-state index is 14.0. The van der Waals surface area contributed by atoms with Gasteiger partial charge in [-0.05, 0) is 104 Å². The number of aldehydes is 1. The van der Waals surface area contributed by atoms with Gasteiger partial charge >= 0.3 is 5.97 Å². The number of ether oxygens (including phenoxy) is 6. The lowest BCUT2D eigenvalue weighted by atomic mass is 9.32. The topological polar surface area (TPSA) is 292 Å². The summed E-state index contributed by atoms with van der Waals surface area (Å²) in [5, 5.41) is 108. The first-order chi connectivity index (χ1) is 30.7. The van der Waals surface area contributed by atoms with E-state index in [2.05, 4.69) is 40.7 Å². The third-order valence-corrected chi connectivity index (χ3v) is 19.1. The van der Waals surface area contributed by atoms with Crippen LogP contribution < -0.4 is 0 Å². The summed E-state index contributed by atoms with van der Waals surface area (Å²) in [6.07, 6.45) is -17.1. The Hall–Kier alpha value is -1.72. The Kier molecular flexibility index (Phi) is 13.5. The number of carboxylic acids is 1. The molecule has 18 heteroatoms. The third-order valence-electron chi connectivity index (χ3n) is 19.1. The van der Waals surface area contributed by atoms with Crippen molar-refractivity contribution in [2.75, 3.05) is 6.61 Å². The molecule has 0 unspecified atom stereocenters. The van der Waals surface area contributed by atoms with Gasteiger partial charge in [0.05, 0.1) is 24.9 Å². The Morgan fingerprint density at radius 2 is 1.32 bits per heavy atom. The van der Waals surface area contributed by atoms with Crippen LogP contribution in [0.3, 0.4) is 0 Å². The van der Waals surface area contributed by atoms with Crippen LogP contribution in [0, 0.1) is 50.2 Å². The van der Waals surface area contributed by atoms with Crippen molar-refractivity contribution in [1.29, 1.82) is 0 Å². The maximum Gasteiger partial charge on any atom is 0.335 e. The predicted molar refractivity (Wildman–Crippen MR) is 230 cm³/mol. The summed E-state index contributed by atoms with van der Waals surface area (Å²) >= 11 is 0. The number of fused-ring (bicyclic) bond motifs is 7. The molecule has 8 rings (SSSR count).